The minimum absolute atomic E-state index is 0.579. The molecule has 1 fully saturated rings. The minimum atomic E-state index is 0.579. The fraction of sp³-hybridized carbons (Fsp3) is 0.714. The average Bonchev–Trinajstić information content (AvgIpc) is 2.69. The van der Waals surface area contributed by atoms with Gasteiger partial charge in [-0.3, -0.25) is 0 Å². The number of anilines is 2. The Balaban J connectivity index is 2.37. The average molecular weight is 248 g/mol. The topological polar surface area (TPSA) is 41.1 Å². The Morgan fingerprint density at radius 2 is 2.17 bits per heavy atom. The van der Waals surface area contributed by atoms with Crippen molar-refractivity contribution in [1.29, 1.82) is 0 Å². The molecule has 2 atom stereocenters. The Bertz CT molecular complexity index is 405. The zero-order valence-corrected chi connectivity index (χ0v) is 11.9. The monoisotopic (exact) mass is 248 g/mol. The van der Waals surface area contributed by atoms with E-state index in [2.05, 4.69) is 41.0 Å². The normalized spacial score (nSPS) is 23.4. The molecule has 2 heterocycles. The predicted octanol–water partition coefficient (Wildman–Crippen LogP) is 2.71. The minimum Gasteiger partial charge on any atom is -0.373 e. The maximum Gasteiger partial charge on any atom is 0.137 e. The summed E-state index contributed by atoms with van der Waals surface area (Å²) in [6.45, 7) is 7.92. The van der Waals surface area contributed by atoms with Gasteiger partial charge in [-0.05, 0) is 25.7 Å². The molecule has 1 saturated heterocycles. The molecule has 4 heteroatoms. The van der Waals surface area contributed by atoms with Crippen LogP contribution in [0.1, 0.15) is 39.2 Å². The van der Waals surface area contributed by atoms with E-state index in [9.17, 15) is 0 Å². The van der Waals surface area contributed by atoms with Gasteiger partial charge < -0.3 is 10.2 Å². The molecule has 18 heavy (non-hydrogen) atoms. The third kappa shape index (κ3) is 2.42. The zero-order chi connectivity index (χ0) is 13.1. The first-order valence-electron chi connectivity index (χ1n) is 6.95. The summed E-state index contributed by atoms with van der Waals surface area (Å²) in [5.41, 5.74) is 1.27. The maximum atomic E-state index is 4.55. The van der Waals surface area contributed by atoms with Crippen LogP contribution in [0.5, 0.6) is 0 Å². The van der Waals surface area contributed by atoms with Gasteiger partial charge in [-0.1, -0.05) is 20.3 Å². The third-order valence-corrected chi connectivity index (χ3v) is 3.72. The van der Waals surface area contributed by atoms with Gasteiger partial charge in [-0.25, -0.2) is 9.97 Å². The fourth-order valence-corrected chi connectivity index (χ4v) is 2.94. The van der Waals surface area contributed by atoms with Crippen molar-refractivity contribution < 1.29 is 0 Å². The molecule has 0 aliphatic carbocycles. The van der Waals surface area contributed by atoms with E-state index < -0.39 is 0 Å². The summed E-state index contributed by atoms with van der Waals surface area (Å²) in [6, 6.07) is 0.579. The van der Waals surface area contributed by atoms with Gasteiger partial charge in [0.2, 0.25) is 0 Å². The summed E-state index contributed by atoms with van der Waals surface area (Å²) >= 11 is 0. The summed E-state index contributed by atoms with van der Waals surface area (Å²) in [5.74, 6) is 2.86. The van der Waals surface area contributed by atoms with Crippen LogP contribution in [0.25, 0.3) is 0 Å². The highest BCUT2D eigenvalue weighted by atomic mass is 15.2. The molecule has 2 rings (SSSR count). The molecule has 0 radical (unpaired) electrons. The molecule has 4 nitrogen and oxygen atoms in total. The first kappa shape index (κ1) is 13.1. The van der Waals surface area contributed by atoms with Gasteiger partial charge in [0, 0.05) is 25.2 Å². The number of hydrogen-bond acceptors (Lipinski definition) is 4. The van der Waals surface area contributed by atoms with Gasteiger partial charge in [0.1, 0.15) is 18.0 Å². The molecular weight excluding hydrogens is 224 g/mol. The number of aromatic nitrogens is 2. The van der Waals surface area contributed by atoms with Crippen LogP contribution >= 0.6 is 0 Å². The summed E-state index contributed by atoms with van der Waals surface area (Å²) in [5, 5.41) is 3.19. The van der Waals surface area contributed by atoms with Gasteiger partial charge in [-0.15, -0.1) is 0 Å². The van der Waals surface area contributed by atoms with Crippen molar-refractivity contribution >= 4 is 11.6 Å². The van der Waals surface area contributed by atoms with Crippen LogP contribution in [0.2, 0.25) is 0 Å². The van der Waals surface area contributed by atoms with Crippen molar-refractivity contribution in [2.75, 3.05) is 23.8 Å². The van der Waals surface area contributed by atoms with Crippen LogP contribution in [-0.2, 0) is 6.42 Å². The van der Waals surface area contributed by atoms with E-state index in [1.165, 1.54) is 12.0 Å². The van der Waals surface area contributed by atoms with Crippen LogP contribution in [0, 0.1) is 5.92 Å². The Hall–Kier alpha value is -1.32. The van der Waals surface area contributed by atoms with Crippen LogP contribution < -0.4 is 10.2 Å². The van der Waals surface area contributed by atoms with E-state index >= 15 is 0 Å². The smallest absolute Gasteiger partial charge is 0.137 e. The Kier molecular flexibility index (Phi) is 4.04. The summed E-state index contributed by atoms with van der Waals surface area (Å²) in [7, 11) is 1.93. The lowest BCUT2D eigenvalue weighted by molar-refractivity contribution is 0.625. The maximum absolute atomic E-state index is 4.55. The molecule has 1 aliphatic heterocycles. The lowest BCUT2D eigenvalue weighted by atomic mass is 10.1. The van der Waals surface area contributed by atoms with Gasteiger partial charge in [0.25, 0.3) is 0 Å². The zero-order valence-electron chi connectivity index (χ0n) is 11.9. The molecule has 100 valence electrons. The van der Waals surface area contributed by atoms with Crippen LogP contribution in [-0.4, -0.2) is 29.6 Å². The van der Waals surface area contributed by atoms with E-state index in [0.717, 1.165) is 36.9 Å². The molecule has 1 aromatic heterocycles. The number of nitrogens with zero attached hydrogens (tertiary/aromatic N) is 3. The lowest BCUT2D eigenvalue weighted by Gasteiger charge is -2.26. The molecule has 1 aromatic rings. The third-order valence-electron chi connectivity index (χ3n) is 3.72. The molecule has 0 saturated carbocycles. The molecule has 0 aromatic carbocycles. The van der Waals surface area contributed by atoms with Crippen molar-refractivity contribution in [3.05, 3.63) is 11.9 Å². The fourth-order valence-electron chi connectivity index (χ4n) is 2.94. The standard InChI is InChI=1S/C14H24N4/c1-5-6-12-13(15-4)16-9-17-14(12)18-8-10(2)7-11(18)3/h9-11H,5-8H2,1-4H3,(H,15,16,17). The summed E-state index contributed by atoms with van der Waals surface area (Å²) < 4.78 is 0. The largest absolute Gasteiger partial charge is 0.373 e. The van der Waals surface area contributed by atoms with Crippen LogP contribution in [0.4, 0.5) is 11.6 Å². The SMILES string of the molecule is CCCc1c(NC)ncnc1N1CC(C)CC1C. The van der Waals surface area contributed by atoms with Crippen molar-refractivity contribution in [2.24, 2.45) is 5.92 Å². The van der Waals surface area contributed by atoms with Gasteiger partial charge in [0.05, 0.1) is 0 Å². The lowest BCUT2D eigenvalue weighted by Crippen LogP contribution is -2.29. The predicted molar refractivity (Wildman–Crippen MR) is 76.2 cm³/mol. The number of hydrogen-bond donors (Lipinski definition) is 1. The highest BCUT2D eigenvalue weighted by Crippen LogP contribution is 2.32. The second-order valence-electron chi connectivity index (χ2n) is 5.37. The van der Waals surface area contributed by atoms with Crippen LogP contribution in [0.15, 0.2) is 6.33 Å². The number of nitrogens with one attached hydrogen (secondary N) is 1. The van der Waals surface area contributed by atoms with Gasteiger partial charge >= 0.3 is 0 Å². The second-order valence-corrected chi connectivity index (χ2v) is 5.37. The summed E-state index contributed by atoms with van der Waals surface area (Å²) in [6.07, 6.45) is 5.08. The van der Waals surface area contributed by atoms with E-state index in [-0.39, 0.29) is 0 Å². The van der Waals surface area contributed by atoms with Crippen molar-refractivity contribution in [3.63, 3.8) is 0 Å². The number of rotatable bonds is 4. The Morgan fingerprint density at radius 1 is 1.39 bits per heavy atom. The molecule has 1 aliphatic rings. The first-order chi connectivity index (χ1) is 8.67. The van der Waals surface area contributed by atoms with Gasteiger partial charge in [-0.2, -0.15) is 0 Å². The van der Waals surface area contributed by atoms with Crippen molar-refractivity contribution in [3.8, 4) is 0 Å². The molecule has 0 amide bonds. The highest BCUT2D eigenvalue weighted by molar-refractivity contribution is 5.59. The van der Waals surface area contributed by atoms with Crippen molar-refractivity contribution in [1.82, 2.24) is 9.97 Å². The summed E-state index contributed by atoms with van der Waals surface area (Å²) in [4.78, 5) is 11.3. The van der Waals surface area contributed by atoms with E-state index in [4.69, 9.17) is 0 Å². The van der Waals surface area contributed by atoms with Crippen molar-refractivity contribution in [2.45, 2.75) is 46.1 Å². The Labute approximate surface area is 110 Å². The van der Waals surface area contributed by atoms with E-state index in [0.29, 0.717) is 6.04 Å². The molecular formula is C14H24N4. The quantitative estimate of drug-likeness (QED) is 0.889. The van der Waals surface area contributed by atoms with Gasteiger partial charge in [0.15, 0.2) is 0 Å². The van der Waals surface area contributed by atoms with Crippen LogP contribution in [0.3, 0.4) is 0 Å². The highest BCUT2D eigenvalue weighted by Gasteiger charge is 2.29. The molecule has 2 unspecified atom stereocenters. The van der Waals surface area contributed by atoms with E-state index in [1.807, 2.05) is 7.05 Å². The Morgan fingerprint density at radius 3 is 2.72 bits per heavy atom. The molecule has 1 N–H and O–H groups in total. The van der Waals surface area contributed by atoms with E-state index in [1.54, 1.807) is 6.33 Å². The second kappa shape index (κ2) is 5.55. The molecule has 0 bridgehead atoms. The molecule has 0 spiro atoms. The first-order valence-corrected chi connectivity index (χ1v) is 6.95.